The summed E-state index contributed by atoms with van der Waals surface area (Å²) >= 11 is 0. The second-order valence-corrected chi connectivity index (χ2v) is 6.08. The molecule has 0 spiro atoms. The van der Waals surface area contributed by atoms with Crippen molar-refractivity contribution >= 4 is 0 Å². The number of nitrogens with one attached hydrogen (secondary N) is 1. The molecule has 0 radical (unpaired) electrons. The molecular weight excluding hydrogens is 196 g/mol. The molecule has 1 heterocycles. The Kier molecular flexibility index (Phi) is 4.26. The van der Waals surface area contributed by atoms with Crippen LogP contribution >= 0.6 is 0 Å². The van der Waals surface area contributed by atoms with E-state index >= 15 is 0 Å². The lowest BCUT2D eigenvalue weighted by atomic mass is 9.95. The Morgan fingerprint density at radius 3 is 2.50 bits per heavy atom. The maximum absolute atomic E-state index is 3.71. The summed E-state index contributed by atoms with van der Waals surface area (Å²) in [6.45, 7) is 9.68. The summed E-state index contributed by atoms with van der Waals surface area (Å²) < 4.78 is 0. The van der Waals surface area contributed by atoms with E-state index in [0.29, 0.717) is 0 Å². The highest BCUT2D eigenvalue weighted by molar-refractivity contribution is 4.88. The normalized spacial score (nSPS) is 29.6. The standard InChI is InChI=1S/C14H28N2/c1-11(2)14(10-15-13-7-8-13)16-9-5-4-6-12(16)3/h11-15H,4-10H2,1-3H3. The van der Waals surface area contributed by atoms with Crippen LogP contribution in [0.15, 0.2) is 0 Å². The fraction of sp³-hybridized carbons (Fsp3) is 1.00. The molecule has 1 N–H and O–H groups in total. The van der Waals surface area contributed by atoms with Crippen LogP contribution in [0.3, 0.4) is 0 Å². The monoisotopic (exact) mass is 224 g/mol. The van der Waals surface area contributed by atoms with Gasteiger partial charge in [-0.25, -0.2) is 0 Å². The molecule has 0 aromatic heterocycles. The van der Waals surface area contributed by atoms with Crippen molar-refractivity contribution in [2.45, 2.75) is 71.0 Å². The van der Waals surface area contributed by atoms with Crippen molar-refractivity contribution in [2.24, 2.45) is 5.92 Å². The van der Waals surface area contributed by atoms with Gasteiger partial charge < -0.3 is 5.32 Å². The molecule has 2 rings (SSSR count). The first-order valence-electron chi connectivity index (χ1n) is 7.17. The zero-order chi connectivity index (χ0) is 11.5. The molecule has 0 aromatic carbocycles. The predicted octanol–water partition coefficient (Wildman–Crippen LogP) is 2.64. The van der Waals surface area contributed by atoms with Crippen molar-refractivity contribution < 1.29 is 0 Å². The highest BCUT2D eigenvalue weighted by Gasteiger charge is 2.29. The number of nitrogens with zero attached hydrogens (tertiary/aromatic N) is 1. The van der Waals surface area contributed by atoms with Crippen LogP contribution in [0, 0.1) is 5.92 Å². The molecule has 0 amide bonds. The lowest BCUT2D eigenvalue weighted by Crippen LogP contribution is -2.51. The first-order valence-corrected chi connectivity index (χ1v) is 7.17. The smallest absolute Gasteiger partial charge is 0.0246 e. The third-order valence-corrected chi connectivity index (χ3v) is 4.24. The van der Waals surface area contributed by atoms with E-state index in [2.05, 4.69) is 31.0 Å². The van der Waals surface area contributed by atoms with Gasteiger partial charge in [-0.2, -0.15) is 0 Å². The largest absolute Gasteiger partial charge is 0.312 e. The van der Waals surface area contributed by atoms with Crippen molar-refractivity contribution in [3.05, 3.63) is 0 Å². The third kappa shape index (κ3) is 3.21. The fourth-order valence-electron chi connectivity index (χ4n) is 2.92. The second-order valence-electron chi connectivity index (χ2n) is 6.08. The van der Waals surface area contributed by atoms with Crippen molar-refractivity contribution in [3.63, 3.8) is 0 Å². The molecule has 0 bridgehead atoms. The minimum Gasteiger partial charge on any atom is -0.312 e. The van der Waals surface area contributed by atoms with Crippen LogP contribution in [0.4, 0.5) is 0 Å². The summed E-state index contributed by atoms with van der Waals surface area (Å²) in [4.78, 5) is 2.75. The topological polar surface area (TPSA) is 15.3 Å². The number of rotatable bonds is 5. The van der Waals surface area contributed by atoms with E-state index < -0.39 is 0 Å². The van der Waals surface area contributed by atoms with E-state index in [1.54, 1.807) is 0 Å². The zero-order valence-electron chi connectivity index (χ0n) is 11.2. The molecule has 2 nitrogen and oxygen atoms in total. The minimum absolute atomic E-state index is 0.746. The van der Waals surface area contributed by atoms with Gasteiger partial charge in [0.25, 0.3) is 0 Å². The van der Waals surface area contributed by atoms with Gasteiger partial charge in [0.05, 0.1) is 0 Å². The number of hydrogen-bond donors (Lipinski definition) is 1. The molecule has 2 heteroatoms. The van der Waals surface area contributed by atoms with Gasteiger partial charge >= 0.3 is 0 Å². The average molecular weight is 224 g/mol. The van der Waals surface area contributed by atoms with Gasteiger partial charge in [-0.05, 0) is 45.1 Å². The summed E-state index contributed by atoms with van der Waals surface area (Å²) in [7, 11) is 0. The van der Waals surface area contributed by atoms with E-state index in [1.807, 2.05) is 0 Å². The molecule has 1 aliphatic carbocycles. The van der Waals surface area contributed by atoms with Crippen molar-refractivity contribution in [2.75, 3.05) is 13.1 Å². The summed E-state index contributed by atoms with van der Waals surface area (Å²) in [5.74, 6) is 0.770. The Morgan fingerprint density at radius 1 is 1.19 bits per heavy atom. The highest BCUT2D eigenvalue weighted by atomic mass is 15.2. The average Bonchev–Trinajstić information content (AvgIpc) is 3.04. The molecule has 1 aliphatic heterocycles. The molecule has 16 heavy (non-hydrogen) atoms. The minimum atomic E-state index is 0.746. The summed E-state index contributed by atoms with van der Waals surface area (Å²) in [5, 5.41) is 3.71. The highest BCUT2D eigenvalue weighted by Crippen LogP contribution is 2.24. The number of piperidine rings is 1. The van der Waals surface area contributed by atoms with E-state index in [9.17, 15) is 0 Å². The maximum Gasteiger partial charge on any atom is 0.0246 e. The van der Waals surface area contributed by atoms with Gasteiger partial charge in [0.15, 0.2) is 0 Å². The van der Waals surface area contributed by atoms with Gasteiger partial charge in [-0.15, -0.1) is 0 Å². The van der Waals surface area contributed by atoms with Gasteiger partial charge in [-0.1, -0.05) is 20.3 Å². The Hall–Kier alpha value is -0.0800. The van der Waals surface area contributed by atoms with Crippen molar-refractivity contribution in [1.29, 1.82) is 0 Å². The van der Waals surface area contributed by atoms with Crippen LogP contribution in [0.2, 0.25) is 0 Å². The quantitative estimate of drug-likeness (QED) is 0.772. The summed E-state index contributed by atoms with van der Waals surface area (Å²) in [6.07, 6.45) is 7.03. The first kappa shape index (κ1) is 12.4. The molecule has 2 atom stereocenters. The molecule has 1 saturated heterocycles. The van der Waals surface area contributed by atoms with Gasteiger partial charge in [-0.3, -0.25) is 4.90 Å². The Morgan fingerprint density at radius 2 is 1.94 bits per heavy atom. The van der Waals surface area contributed by atoms with Crippen LogP contribution in [0.1, 0.15) is 52.9 Å². The SMILES string of the molecule is CC(C)C(CNC1CC1)N1CCCCC1C. The predicted molar refractivity (Wildman–Crippen MR) is 69.7 cm³/mol. The first-order chi connectivity index (χ1) is 7.68. The van der Waals surface area contributed by atoms with Crippen LogP contribution in [-0.4, -0.2) is 36.1 Å². The van der Waals surface area contributed by atoms with E-state index in [4.69, 9.17) is 0 Å². The van der Waals surface area contributed by atoms with Crippen LogP contribution in [0.25, 0.3) is 0 Å². The Labute approximate surface area is 101 Å². The van der Waals surface area contributed by atoms with E-state index in [-0.39, 0.29) is 0 Å². The van der Waals surface area contributed by atoms with Crippen molar-refractivity contribution in [3.8, 4) is 0 Å². The lowest BCUT2D eigenvalue weighted by Gasteiger charge is -2.41. The van der Waals surface area contributed by atoms with Crippen LogP contribution in [-0.2, 0) is 0 Å². The van der Waals surface area contributed by atoms with Crippen LogP contribution < -0.4 is 5.32 Å². The molecule has 2 fully saturated rings. The van der Waals surface area contributed by atoms with E-state index in [1.165, 1.54) is 45.2 Å². The zero-order valence-corrected chi connectivity index (χ0v) is 11.2. The number of hydrogen-bond acceptors (Lipinski definition) is 2. The summed E-state index contributed by atoms with van der Waals surface area (Å²) in [6, 6.07) is 2.39. The molecule has 1 saturated carbocycles. The maximum atomic E-state index is 3.71. The molecular formula is C14H28N2. The molecule has 94 valence electrons. The second kappa shape index (κ2) is 5.50. The van der Waals surface area contributed by atoms with Gasteiger partial charge in [0, 0.05) is 24.7 Å². The van der Waals surface area contributed by atoms with Gasteiger partial charge in [0.2, 0.25) is 0 Å². The number of likely N-dealkylation sites (tertiary alicyclic amines) is 1. The Balaban J connectivity index is 1.87. The molecule has 0 aromatic rings. The molecule has 2 aliphatic rings. The Bertz CT molecular complexity index is 211. The molecule has 2 unspecified atom stereocenters. The van der Waals surface area contributed by atoms with Crippen LogP contribution in [0.5, 0.6) is 0 Å². The fourth-order valence-corrected chi connectivity index (χ4v) is 2.92. The van der Waals surface area contributed by atoms with Crippen molar-refractivity contribution in [1.82, 2.24) is 10.2 Å². The van der Waals surface area contributed by atoms with E-state index in [0.717, 1.165) is 24.0 Å². The van der Waals surface area contributed by atoms with Gasteiger partial charge in [0.1, 0.15) is 0 Å². The lowest BCUT2D eigenvalue weighted by molar-refractivity contribution is 0.0775. The summed E-state index contributed by atoms with van der Waals surface area (Å²) in [5.41, 5.74) is 0. The third-order valence-electron chi connectivity index (χ3n) is 4.24.